The number of hydrogen-bond acceptors (Lipinski definition) is 6. The van der Waals surface area contributed by atoms with Gasteiger partial charge in [-0.1, -0.05) is 84.9 Å². The molecule has 0 N–H and O–H groups in total. The lowest BCUT2D eigenvalue weighted by Gasteiger charge is -2.35. The van der Waals surface area contributed by atoms with E-state index in [1.165, 1.54) is 0 Å². The minimum absolute atomic E-state index is 0.0288. The molecule has 1 atom stereocenters. The van der Waals surface area contributed by atoms with Gasteiger partial charge in [0.25, 0.3) is 17.0 Å². The Morgan fingerprint density at radius 1 is 0.617 bits per heavy atom. The van der Waals surface area contributed by atoms with Crippen molar-refractivity contribution in [3.05, 3.63) is 184 Å². The van der Waals surface area contributed by atoms with Gasteiger partial charge in [-0.3, -0.25) is 19.4 Å². The van der Waals surface area contributed by atoms with Crippen LogP contribution >= 0.6 is 0 Å². The van der Waals surface area contributed by atoms with E-state index in [4.69, 9.17) is 9.47 Å². The van der Waals surface area contributed by atoms with Gasteiger partial charge in [-0.2, -0.15) is 0 Å². The van der Waals surface area contributed by atoms with Crippen molar-refractivity contribution in [2.45, 2.75) is 18.8 Å². The summed E-state index contributed by atoms with van der Waals surface area (Å²) in [5, 5.41) is 3.07. The van der Waals surface area contributed by atoms with Gasteiger partial charge in [-0.15, -0.1) is 0 Å². The number of hydrogen-bond donors (Lipinski definition) is 0. The average Bonchev–Trinajstić information content (AvgIpc) is 3.31. The van der Waals surface area contributed by atoms with Gasteiger partial charge in [0, 0.05) is 83.2 Å². The number of pyridine rings is 3. The second-order valence-corrected chi connectivity index (χ2v) is 14.9. The van der Waals surface area contributed by atoms with Gasteiger partial charge in [0.15, 0.2) is 0 Å². The van der Waals surface area contributed by atoms with Crippen molar-refractivity contribution in [3.63, 3.8) is 0 Å². The van der Waals surface area contributed by atoms with Crippen molar-refractivity contribution >= 4 is 27.5 Å². The van der Waals surface area contributed by atoms with Crippen LogP contribution in [0.4, 0.5) is 0 Å². The first-order valence-electron chi connectivity index (χ1n) is 20.1. The first kappa shape index (κ1) is 39.6. The summed E-state index contributed by atoms with van der Waals surface area (Å²) in [4.78, 5) is 46.1. The van der Waals surface area contributed by atoms with E-state index >= 15 is 0 Å². The Balaban J connectivity index is 0.000000172. The number of aromatic nitrogens is 3. The van der Waals surface area contributed by atoms with Crippen LogP contribution in [0, 0.1) is 0 Å². The summed E-state index contributed by atoms with van der Waals surface area (Å²) < 4.78 is 14.4. The normalized spacial score (nSPS) is 13.7. The highest BCUT2D eigenvalue weighted by Crippen LogP contribution is 2.40. The lowest BCUT2D eigenvalue weighted by Crippen LogP contribution is -2.40. The molecule has 1 amide bonds. The molecule has 5 aromatic carbocycles. The number of methoxy groups -OCH3 is 2. The summed E-state index contributed by atoms with van der Waals surface area (Å²) in [5.74, 6) is 1.52. The number of fused-ring (bicyclic) bond motifs is 2. The predicted octanol–water partition coefficient (Wildman–Crippen LogP) is 9.51. The standard InChI is InChI=1S/C29H28N2O3.C22H18N2O2/c1-30-27(22-14-9-17-31(19-22)28(32)21-12-7-4-8-13-21)26(20-10-5-3-6-11-20)25-18-23(34-2)15-16-24(25)29(30)33;1-24-21(19-10-6-7-13-23-19)20(15-8-4-3-5-9-15)18-14-16(26-2)11-12-17(18)22(24)25/h3-8,10-13,15-16,18,22H,9,14,17,19H2,1-2H3;3-14H,1-2H3. The molecule has 9 rings (SSSR count). The fourth-order valence-electron chi connectivity index (χ4n) is 8.49. The van der Waals surface area contributed by atoms with Crippen molar-refractivity contribution in [1.82, 2.24) is 19.0 Å². The maximum Gasteiger partial charge on any atom is 0.258 e. The first-order valence-corrected chi connectivity index (χ1v) is 20.1. The quantitative estimate of drug-likeness (QED) is 0.160. The fraction of sp³-hybridized carbons (Fsp3) is 0.176. The molecule has 3 aromatic heterocycles. The summed E-state index contributed by atoms with van der Waals surface area (Å²) in [7, 11) is 6.91. The Morgan fingerprint density at radius 2 is 1.15 bits per heavy atom. The highest BCUT2D eigenvalue weighted by molar-refractivity contribution is 6.03. The molecule has 60 heavy (non-hydrogen) atoms. The monoisotopic (exact) mass is 794 g/mol. The zero-order chi connectivity index (χ0) is 41.8. The molecule has 300 valence electrons. The number of amides is 1. The molecule has 4 heterocycles. The summed E-state index contributed by atoms with van der Waals surface area (Å²) in [6.07, 6.45) is 3.55. The summed E-state index contributed by atoms with van der Waals surface area (Å²) >= 11 is 0. The van der Waals surface area contributed by atoms with E-state index in [1.807, 2.05) is 145 Å². The number of benzene rings is 5. The molecule has 0 spiro atoms. The van der Waals surface area contributed by atoms with Gasteiger partial charge < -0.3 is 23.5 Å². The first-order chi connectivity index (χ1) is 29.3. The van der Waals surface area contributed by atoms with Gasteiger partial charge >= 0.3 is 0 Å². The van der Waals surface area contributed by atoms with E-state index < -0.39 is 0 Å². The third kappa shape index (κ3) is 7.57. The van der Waals surface area contributed by atoms with Crippen molar-refractivity contribution in [2.24, 2.45) is 14.1 Å². The maximum atomic E-state index is 13.5. The number of carbonyl (C=O) groups is 1. The predicted molar refractivity (Wildman–Crippen MR) is 240 cm³/mol. The Bertz CT molecular complexity index is 2930. The smallest absolute Gasteiger partial charge is 0.258 e. The van der Waals surface area contributed by atoms with E-state index in [-0.39, 0.29) is 22.9 Å². The van der Waals surface area contributed by atoms with Crippen molar-refractivity contribution < 1.29 is 14.3 Å². The van der Waals surface area contributed by atoms with Crippen LogP contribution in [0.3, 0.4) is 0 Å². The molecule has 0 saturated carbocycles. The third-order valence-corrected chi connectivity index (χ3v) is 11.4. The molecule has 9 heteroatoms. The molecule has 1 unspecified atom stereocenters. The van der Waals surface area contributed by atoms with Crippen molar-refractivity contribution in [2.75, 3.05) is 27.3 Å². The second kappa shape index (κ2) is 17.3. The zero-order valence-electron chi connectivity index (χ0n) is 34.2. The Hall–Kier alpha value is -7.26. The van der Waals surface area contributed by atoms with E-state index in [0.29, 0.717) is 28.6 Å². The Morgan fingerprint density at radius 3 is 1.72 bits per heavy atom. The number of nitrogens with zero attached hydrogens (tertiary/aromatic N) is 4. The fourth-order valence-corrected chi connectivity index (χ4v) is 8.49. The van der Waals surface area contributed by atoms with E-state index in [0.717, 1.165) is 75.2 Å². The largest absolute Gasteiger partial charge is 0.497 e. The third-order valence-electron chi connectivity index (χ3n) is 11.4. The minimum atomic E-state index is -0.0528. The summed E-state index contributed by atoms with van der Waals surface area (Å²) in [6.45, 7) is 1.30. The number of carbonyl (C=O) groups excluding carboxylic acids is 1. The molecule has 0 radical (unpaired) electrons. The molecule has 1 saturated heterocycles. The van der Waals surface area contributed by atoms with Crippen LogP contribution in [0.25, 0.3) is 55.2 Å². The van der Waals surface area contributed by atoms with Gasteiger partial charge in [0.2, 0.25) is 0 Å². The Kier molecular flexibility index (Phi) is 11.4. The molecule has 0 bridgehead atoms. The molecule has 1 aliphatic heterocycles. The van der Waals surface area contributed by atoms with Crippen molar-refractivity contribution in [1.29, 1.82) is 0 Å². The number of piperidine rings is 1. The number of ether oxygens (including phenoxy) is 2. The maximum absolute atomic E-state index is 13.5. The molecule has 1 aliphatic rings. The molecular weight excluding hydrogens is 749 g/mol. The van der Waals surface area contributed by atoms with Crippen LogP contribution in [0.15, 0.2) is 161 Å². The van der Waals surface area contributed by atoms with Gasteiger partial charge in [0.05, 0.1) is 25.6 Å². The average molecular weight is 795 g/mol. The molecule has 9 nitrogen and oxygen atoms in total. The van der Waals surface area contributed by atoms with Crippen LogP contribution in [0.1, 0.15) is 34.8 Å². The van der Waals surface area contributed by atoms with E-state index in [1.54, 1.807) is 36.6 Å². The summed E-state index contributed by atoms with van der Waals surface area (Å²) in [6, 6.07) is 46.6. The van der Waals surface area contributed by atoms with Gasteiger partial charge in [-0.25, -0.2) is 0 Å². The molecule has 0 aliphatic carbocycles. The second-order valence-electron chi connectivity index (χ2n) is 14.9. The Labute approximate surface area is 348 Å². The van der Waals surface area contributed by atoms with E-state index in [2.05, 4.69) is 17.1 Å². The van der Waals surface area contributed by atoms with Crippen molar-refractivity contribution in [3.8, 4) is 45.1 Å². The van der Waals surface area contributed by atoms with Crippen LogP contribution in [0.2, 0.25) is 0 Å². The van der Waals surface area contributed by atoms with Crippen LogP contribution in [0.5, 0.6) is 11.5 Å². The SMILES string of the molecule is COc1ccc2c(=O)n(C)c(-c3ccccn3)c(-c3ccccc3)c2c1.COc1ccc2c(=O)n(C)c(C3CCCN(C(=O)c4ccccc4)C3)c(-c3ccccc3)c2c1. The van der Waals surface area contributed by atoms with Crippen LogP contribution in [-0.2, 0) is 14.1 Å². The van der Waals surface area contributed by atoms with Crippen LogP contribution < -0.4 is 20.6 Å². The topological polar surface area (TPSA) is 95.7 Å². The highest BCUT2D eigenvalue weighted by atomic mass is 16.5. The van der Waals surface area contributed by atoms with E-state index in [9.17, 15) is 14.4 Å². The highest BCUT2D eigenvalue weighted by Gasteiger charge is 2.30. The number of rotatable bonds is 7. The zero-order valence-corrected chi connectivity index (χ0v) is 34.2. The van der Waals surface area contributed by atoms with Gasteiger partial charge in [0.1, 0.15) is 11.5 Å². The molecule has 8 aromatic rings. The molecule has 1 fully saturated rings. The molecular formula is C51H46N4O5. The lowest BCUT2D eigenvalue weighted by atomic mass is 9.86. The lowest BCUT2D eigenvalue weighted by molar-refractivity contribution is 0.0705. The number of likely N-dealkylation sites (tertiary alicyclic amines) is 1. The summed E-state index contributed by atoms with van der Waals surface area (Å²) in [5.41, 5.74) is 7.24. The minimum Gasteiger partial charge on any atom is -0.497 e. The van der Waals surface area contributed by atoms with Gasteiger partial charge in [-0.05, 0) is 84.6 Å². The van der Waals surface area contributed by atoms with Crippen LogP contribution in [-0.4, -0.2) is 52.2 Å².